The van der Waals surface area contributed by atoms with Crippen molar-refractivity contribution in [2.24, 2.45) is 5.92 Å². The molecule has 2 amide bonds. The van der Waals surface area contributed by atoms with E-state index < -0.39 is 0 Å². The van der Waals surface area contributed by atoms with Gasteiger partial charge in [0.15, 0.2) is 0 Å². The summed E-state index contributed by atoms with van der Waals surface area (Å²) in [5.41, 5.74) is 0. The highest BCUT2D eigenvalue weighted by atomic mass is 16.5. The Balaban J connectivity index is 1.75. The molecule has 108 valence electrons. The fourth-order valence-electron chi connectivity index (χ4n) is 2.86. The Kier molecular flexibility index (Phi) is 5.19. The summed E-state index contributed by atoms with van der Waals surface area (Å²) in [5.74, 6) is 0.488. The fraction of sp³-hybridized carbons (Fsp3) is 0.857. The normalized spacial score (nSPS) is 25.2. The van der Waals surface area contributed by atoms with Gasteiger partial charge in [0.05, 0.1) is 6.61 Å². The fourth-order valence-corrected chi connectivity index (χ4v) is 2.86. The quantitative estimate of drug-likeness (QED) is 0.825. The van der Waals surface area contributed by atoms with Gasteiger partial charge >= 0.3 is 0 Å². The monoisotopic (exact) mass is 268 g/mol. The van der Waals surface area contributed by atoms with Gasteiger partial charge in [0.25, 0.3) is 0 Å². The average Bonchev–Trinajstić information content (AvgIpc) is 2.85. The highest BCUT2D eigenvalue weighted by molar-refractivity contribution is 5.88. The summed E-state index contributed by atoms with van der Waals surface area (Å²) in [6.45, 7) is 3.84. The Hall–Kier alpha value is -1.10. The van der Waals surface area contributed by atoms with E-state index in [4.69, 9.17) is 4.74 Å². The molecule has 0 aromatic carbocycles. The molecular weight excluding hydrogens is 244 g/mol. The molecule has 5 heteroatoms. The Morgan fingerprint density at radius 3 is 2.84 bits per heavy atom. The molecular formula is C14H24N2O3. The predicted octanol–water partition coefficient (Wildman–Crippen LogP) is 0.930. The topological polar surface area (TPSA) is 58.6 Å². The van der Waals surface area contributed by atoms with Crippen LogP contribution in [0.25, 0.3) is 0 Å². The lowest BCUT2D eigenvalue weighted by atomic mass is 10.1. The lowest BCUT2D eigenvalue weighted by Crippen LogP contribution is -2.46. The number of ether oxygens (including phenoxy) is 1. The third-order valence-electron chi connectivity index (χ3n) is 4.10. The number of amides is 2. The minimum Gasteiger partial charge on any atom is -0.371 e. The van der Waals surface area contributed by atoms with Crippen molar-refractivity contribution < 1.29 is 14.3 Å². The van der Waals surface area contributed by atoms with E-state index in [1.165, 1.54) is 25.7 Å². The molecule has 0 bridgehead atoms. The lowest BCUT2D eigenvalue weighted by molar-refractivity contribution is -0.142. The average molecular weight is 268 g/mol. The number of hydrogen-bond donors (Lipinski definition) is 1. The molecule has 19 heavy (non-hydrogen) atoms. The molecule has 1 aliphatic heterocycles. The van der Waals surface area contributed by atoms with Gasteiger partial charge in [0, 0.05) is 13.1 Å². The zero-order valence-electron chi connectivity index (χ0n) is 11.7. The van der Waals surface area contributed by atoms with E-state index in [0.717, 1.165) is 6.42 Å². The first kappa shape index (κ1) is 14.3. The van der Waals surface area contributed by atoms with E-state index in [1.807, 2.05) is 0 Å². The molecule has 1 N–H and O–H groups in total. The molecule has 1 aliphatic carbocycles. The van der Waals surface area contributed by atoms with Crippen LogP contribution in [-0.2, 0) is 14.3 Å². The molecule has 0 aromatic heterocycles. The zero-order valence-corrected chi connectivity index (χ0v) is 11.7. The summed E-state index contributed by atoms with van der Waals surface area (Å²) >= 11 is 0. The number of rotatable bonds is 4. The van der Waals surface area contributed by atoms with Crippen LogP contribution in [0.15, 0.2) is 0 Å². The van der Waals surface area contributed by atoms with Gasteiger partial charge in [-0.1, -0.05) is 12.8 Å². The third kappa shape index (κ3) is 3.93. The van der Waals surface area contributed by atoms with Crippen LogP contribution < -0.4 is 5.32 Å². The van der Waals surface area contributed by atoms with Crippen molar-refractivity contribution in [1.82, 2.24) is 10.2 Å². The second kappa shape index (κ2) is 6.89. The molecule has 0 aromatic rings. The van der Waals surface area contributed by atoms with Gasteiger partial charge in [-0.05, 0) is 32.1 Å². The molecule has 0 radical (unpaired) electrons. The van der Waals surface area contributed by atoms with E-state index in [2.05, 4.69) is 5.32 Å². The van der Waals surface area contributed by atoms with Gasteiger partial charge in [-0.25, -0.2) is 0 Å². The number of nitrogens with zero attached hydrogens (tertiary/aromatic N) is 1. The van der Waals surface area contributed by atoms with Crippen LogP contribution in [0.4, 0.5) is 0 Å². The van der Waals surface area contributed by atoms with Gasteiger partial charge in [0.1, 0.15) is 12.6 Å². The largest absolute Gasteiger partial charge is 0.371 e. The summed E-state index contributed by atoms with van der Waals surface area (Å²) in [7, 11) is 0. The maximum atomic E-state index is 12.1. The Labute approximate surface area is 114 Å². The molecule has 0 unspecified atom stereocenters. The maximum Gasteiger partial charge on any atom is 0.249 e. The van der Waals surface area contributed by atoms with E-state index in [0.29, 0.717) is 25.6 Å². The first-order chi connectivity index (χ1) is 9.18. The van der Waals surface area contributed by atoms with Crippen molar-refractivity contribution in [2.45, 2.75) is 45.1 Å². The second-order valence-corrected chi connectivity index (χ2v) is 5.57. The van der Waals surface area contributed by atoms with Gasteiger partial charge in [-0.2, -0.15) is 0 Å². The van der Waals surface area contributed by atoms with Crippen molar-refractivity contribution in [3.63, 3.8) is 0 Å². The van der Waals surface area contributed by atoms with Crippen molar-refractivity contribution >= 4 is 11.8 Å². The zero-order chi connectivity index (χ0) is 13.7. The van der Waals surface area contributed by atoms with Crippen LogP contribution in [0.2, 0.25) is 0 Å². The highest BCUT2D eigenvalue weighted by Crippen LogP contribution is 2.24. The molecule has 2 fully saturated rings. The third-order valence-corrected chi connectivity index (χ3v) is 4.10. The molecule has 1 saturated carbocycles. The van der Waals surface area contributed by atoms with Gasteiger partial charge in [-0.3, -0.25) is 9.59 Å². The van der Waals surface area contributed by atoms with Crippen LogP contribution in [0.3, 0.4) is 0 Å². The van der Waals surface area contributed by atoms with Crippen LogP contribution >= 0.6 is 0 Å². The van der Waals surface area contributed by atoms with Crippen molar-refractivity contribution in [1.29, 1.82) is 0 Å². The van der Waals surface area contributed by atoms with Gasteiger partial charge < -0.3 is 15.0 Å². The first-order valence-corrected chi connectivity index (χ1v) is 7.33. The van der Waals surface area contributed by atoms with E-state index >= 15 is 0 Å². The smallest absolute Gasteiger partial charge is 0.249 e. The molecule has 1 atom stereocenters. The minimum absolute atomic E-state index is 0.0671. The van der Waals surface area contributed by atoms with E-state index in [9.17, 15) is 9.59 Å². The summed E-state index contributed by atoms with van der Waals surface area (Å²) in [4.78, 5) is 25.4. The number of hydrogen-bond acceptors (Lipinski definition) is 3. The molecule has 1 heterocycles. The summed E-state index contributed by atoms with van der Waals surface area (Å²) in [5, 5.41) is 2.81. The number of carbonyl (C=O) groups is 2. The number of carbonyl (C=O) groups excluding carboxylic acids is 2. The molecule has 2 aliphatic rings. The van der Waals surface area contributed by atoms with Crippen LogP contribution in [0, 0.1) is 5.92 Å². The molecule has 1 saturated heterocycles. The van der Waals surface area contributed by atoms with Gasteiger partial charge in [-0.15, -0.1) is 0 Å². The van der Waals surface area contributed by atoms with Crippen LogP contribution in [0.1, 0.15) is 39.0 Å². The Morgan fingerprint density at radius 1 is 1.37 bits per heavy atom. The standard InChI is InChI=1S/C14H24N2O3/c1-11-14(18)15-7-4-8-16(11)13(17)10-19-9-12-5-2-3-6-12/h11-12H,2-10H2,1H3,(H,15,18)/t11-/m0/s1. The van der Waals surface area contributed by atoms with Gasteiger partial charge in [0.2, 0.25) is 11.8 Å². The Morgan fingerprint density at radius 2 is 2.11 bits per heavy atom. The van der Waals surface area contributed by atoms with E-state index in [1.54, 1.807) is 11.8 Å². The molecule has 0 spiro atoms. The summed E-state index contributed by atoms with van der Waals surface area (Å²) in [6, 6.07) is -0.384. The van der Waals surface area contributed by atoms with Crippen molar-refractivity contribution in [3.8, 4) is 0 Å². The summed E-state index contributed by atoms with van der Waals surface area (Å²) < 4.78 is 5.53. The maximum absolute atomic E-state index is 12.1. The lowest BCUT2D eigenvalue weighted by Gasteiger charge is -2.25. The SMILES string of the molecule is C[C@H]1C(=O)NCCCN1C(=O)COCC1CCCC1. The first-order valence-electron chi connectivity index (χ1n) is 7.33. The van der Waals surface area contributed by atoms with Crippen molar-refractivity contribution in [3.05, 3.63) is 0 Å². The molecule has 5 nitrogen and oxygen atoms in total. The van der Waals surface area contributed by atoms with E-state index in [-0.39, 0.29) is 24.5 Å². The molecule has 2 rings (SSSR count). The second-order valence-electron chi connectivity index (χ2n) is 5.57. The van der Waals surface area contributed by atoms with Crippen LogP contribution in [0.5, 0.6) is 0 Å². The summed E-state index contributed by atoms with van der Waals surface area (Å²) in [6.07, 6.45) is 5.81. The minimum atomic E-state index is -0.384. The van der Waals surface area contributed by atoms with Crippen molar-refractivity contribution in [2.75, 3.05) is 26.3 Å². The number of nitrogens with one attached hydrogen (secondary N) is 1. The predicted molar refractivity (Wildman–Crippen MR) is 71.6 cm³/mol. The highest BCUT2D eigenvalue weighted by Gasteiger charge is 2.27. The van der Waals surface area contributed by atoms with Crippen LogP contribution in [-0.4, -0.2) is 49.1 Å². The Bertz CT molecular complexity index is 327.